The summed E-state index contributed by atoms with van der Waals surface area (Å²) in [6.07, 6.45) is -5.38. The molecular weight excluding hydrogens is 405 g/mol. The van der Waals surface area contributed by atoms with Crippen LogP contribution in [0.4, 0.5) is 13.2 Å². The molecule has 0 N–H and O–H groups in total. The maximum atomic E-state index is 14.5. The van der Waals surface area contributed by atoms with Gasteiger partial charge in [0.1, 0.15) is 4.75 Å². The molecule has 0 amide bonds. The Morgan fingerprint density at radius 3 is 1.89 bits per heavy atom. The molecule has 0 bridgehead atoms. The van der Waals surface area contributed by atoms with Gasteiger partial charge in [0, 0.05) is 21.9 Å². The van der Waals surface area contributed by atoms with Crippen LogP contribution in [0.15, 0.2) is 89.8 Å². The normalized spacial score (nSPS) is 13.7. The van der Waals surface area contributed by atoms with E-state index in [0.717, 1.165) is 0 Å². The summed E-state index contributed by atoms with van der Waals surface area (Å²) in [5.74, 6) is -0.596. The minimum atomic E-state index is -4.66. The molecule has 0 spiro atoms. The van der Waals surface area contributed by atoms with Crippen molar-refractivity contribution in [2.45, 2.75) is 22.2 Å². The number of alkyl halides is 3. The lowest BCUT2D eigenvalue weighted by molar-refractivity contribution is -0.161. The van der Waals surface area contributed by atoms with Crippen molar-refractivity contribution in [3.63, 3.8) is 0 Å². The number of benzene rings is 3. The molecule has 0 radical (unpaired) electrons. The summed E-state index contributed by atoms with van der Waals surface area (Å²) >= 11 is 6.48. The summed E-state index contributed by atoms with van der Waals surface area (Å²) in [6.45, 7) is 0. The van der Waals surface area contributed by atoms with E-state index in [1.165, 1.54) is 36.4 Å². The monoisotopic (exact) mass is 420 g/mol. The van der Waals surface area contributed by atoms with Crippen LogP contribution in [-0.2, 0) is 4.75 Å². The Hall–Kier alpha value is -2.24. The van der Waals surface area contributed by atoms with Crippen molar-refractivity contribution in [3.05, 3.63) is 101 Å². The van der Waals surface area contributed by atoms with Crippen molar-refractivity contribution in [1.29, 1.82) is 0 Å². The highest BCUT2D eigenvalue weighted by Gasteiger charge is 2.57. The second-order valence-electron chi connectivity index (χ2n) is 6.21. The van der Waals surface area contributed by atoms with E-state index < -0.39 is 23.1 Å². The van der Waals surface area contributed by atoms with Gasteiger partial charge >= 0.3 is 6.18 Å². The Kier molecular flexibility index (Phi) is 6.16. The number of hydrogen-bond donors (Lipinski definition) is 0. The molecule has 0 aliphatic carbocycles. The fourth-order valence-corrected chi connectivity index (χ4v) is 4.27. The van der Waals surface area contributed by atoms with Crippen LogP contribution < -0.4 is 0 Å². The zero-order valence-electron chi connectivity index (χ0n) is 14.6. The van der Waals surface area contributed by atoms with Gasteiger partial charge in [-0.15, -0.1) is 11.8 Å². The molecule has 0 unspecified atom stereocenters. The first kappa shape index (κ1) is 20.5. The zero-order valence-corrected chi connectivity index (χ0v) is 16.2. The van der Waals surface area contributed by atoms with Crippen LogP contribution >= 0.6 is 23.4 Å². The lowest BCUT2D eigenvalue weighted by Gasteiger charge is -2.35. The van der Waals surface area contributed by atoms with E-state index in [1.807, 2.05) is 0 Å². The summed E-state index contributed by atoms with van der Waals surface area (Å²) < 4.78 is 41.1. The average molecular weight is 421 g/mol. The second-order valence-corrected chi connectivity index (χ2v) is 8.02. The molecule has 1 nitrogen and oxygen atoms in total. The van der Waals surface area contributed by atoms with Crippen LogP contribution in [0.1, 0.15) is 22.3 Å². The number of halogens is 4. The average Bonchev–Trinajstić information content (AvgIpc) is 2.68. The summed E-state index contributed by atoms with van der Waals surface area (Å²) in [7, 11) is 0. The van der Waals surface area contributed by atoms with Crippen LogP contribution in [-0.4, -0.2) is 12.0 Å². The number of thioether (sulfide) groups is 1. The van der Waals surface area contributed by atoms with E-state index in [-0.39, 0.29) is 11.1 Å². The molecule has 3 rings (SSSR count). The highest BCUT2D eigenvalue weighted by atomic mass is 35.5. The molecule has 0 aliphatic heterocycles. The van der Waals surface area contributed by atoms with Gasteiger partial charge in [-0.05, 0) is 42.0 Å². The molecule has 0 aliphatic rings. The molecule has 144 valence electrons. The van der Waals surface area contributed by atoms with E-state index in [1.54, 1.807) is 48.5 Å². The van der Waals surface area contributed by atoms with Gasteiger partial charge in [-0.1, -0.05) is 60.1 Å². The van der Waals surface area contributed by atoms with E-state index >= 15 is 0 Å². The fraction of sp³-hybridized carbons (Fsp3) is 0.136. The van der Waals surface area contributed by atoms with E-state index in [0.29, 0.717) is 21.7 Å². The number of ketones is 1. The van der Waals surface area contributed by atoms with E-state index in [4.69, 9.17) is 11.6 Å². The number of carbonyl (C=O) groups is 1. The summed E-state index contributed by atoms with van der Waals surface area (Å²) in [4.78, 5) is 13.3. The summed E-state index contributed by atoms with van der Waals surface area (Å²) in [5.41, 5.74) is 0.237. The maximum absolute atomic E-state index is 14.5. The van der Waals surface area contributed by atoms with E-state index in [9.17, 15) is 18.0 Å². The van der Waals surface area contributed by atoms with Gasteiger partial charge < -0.3 is 0 Å². The third-order valence-corrected chi connectivity index (χ3v) is 6.03. The first-order chi connectivity index (χ1) is 13.3. The Bertz CT molecular complexity index is 928. The van der Waals surface area contributed by atoms with Crippen molar-refractivity contribution in [3.8, 4) is 0 Å². The largest absolute Gasteiger partial charge is 0.408 e. The van der Waals surface area contributed by atoms with Gasteiger partial charge in [-0.3, -0.25) is 4.79 Å². The summed E-state index contributed by atoms with van der Waals surface area (Å²) in [6, 6.07) is 21.8. The number of Topliss-reactive ketones (excluding diaryl/α,β-unsaturated/α-hetero) is 1. The number of hydrogen-bond acceptors (Lipinski definition) is 2. The Labute approximate surface area is 170 Å². The highest BCUT2D eigenvalue weighted by molar-refractivity contribution is 8.00. The smallest absolute Gasteiger partial charge is 0.294 e. The molecule has 3 aromatic rings. The minimum absolute atomic E-state index is 0.0404. The first-order valence-electron chi connectivity index (χ1n) is 8.47. The van der Waals surface area contributed by atoms with Crippen LogP contribution in [0.5, 0.6) is 0 Å². The van der Waals surface area contributed by atoms with Gasteiger partial charge in [0.2, 0.25) is 0 Å². The van der Waals surface area contributed by atoms with Crippen LogP contribution in [0.25, 0.3) is 0 Å². The fourth-order valence-electron chi connectivity index (χ4n) is 2.88. The lowest BCUT2D eigenvalue weighted by atomic mass is 9.90. The molecule has 0 fully saturated rings. The van der Waals surface area contributed by atoms with Crippen molar-refractivity contribution < 1.29 is 18.0 Å². The van der Waals surface area contributed by atoms with Crippen LogP contribution in [0.3, 0.4) is 0 Å². The van der Waals surface area contributed by atoms with Gasteiger partial charge in [0.05, 0.1) is 0 Å². The molecule has 0 heterocycles. The first-order valence-corrected chi connectivity index (χ1v) is 9.66. The predicted octanol–water partition coefficient (Wildman–Crippen LogP) is 7.16. The van der Waals surface area contributed by atoms with Gasteiger partial charge in [-0.2, -0.15) is 13.2 Å². The third-order valence-electron chi connectivity index (χ3n) is 4.31. The van der Waals surface area contributed by atoms with E-state index in [2.05, 4.69) is 0 Å². The SMILES string of the molecule is O=C(C[C@](Sc1ccccc1)(c1ccccc1)C(F)(F)F)c1ccc(Cl)cc1. The molecule has 0 aromatic heterocycles. The molecule has 3 aromatic carbocycles. The standard InChI is InChI=1S/C22H16ClF3OS/c23-18-13-11-16(12-14-18)20(27)15-21(22(24,25)26,17-7-3-1-4-8-17)28-19-9-5-2-6-10-19/h1-14H,15H2/t21-/m0/s1. The molecule has 1 atom stereocenters. The summed E-state index contributed by atoms with van der Waals surface area (Å²) in [5, 5.41) is 0.417. The quantitative estimate of drug-likeness (QED) is 0.311. The Morgan fingerprint density at radius 1 is 0.821 bits per heavy atom. The van der Waals surface area contributed by atoms with Crippen molar-refractivity contribution >= 4 is 29.1 Å². The van der Waals surface area contributed by atoms with Crippen molar-refractivity contribution in [2.24, 2.45) is 0 Å². The van der Waals surface area contributed by atoms with Crippen molar-refractivity contribution in [1.82, 2.24) is 0 Å². The third kappa shape index (κ3) is 4.42. The number of rotatable bonds is 6. The minimum Gasteiger partial charge on any atom is -0.294 e. The molecule has 0 saturated heterocycles. The molecular formula is C22H16ClF3OS. The lowest BCUT2D eigenvalue weighted by Crippen LogP contribution is -2.41. The topological polar surface area (TPSA) is 17.1 Å². The molecule has 0 saturated carbocycles. The highest BCUT2D eigenvalue weighted by Crippen LogP contribution is 2.55. The maximum Gasteiger partial charge on any atom is 0.408 e. The van der Waals surface area contributed by atoms with Crippen LogP contribution in [0, 0.1) is 0 Å². The van der Waals surface area contributed by atoms with Gasteiger partial charge in [0.15, 0.2) is 5.78 Å². The Morgan fingerprint density at radius 2 is 1.36 bits per heavy atom. The van der Waals surface area contributed by atoms with Gasteiger partial charge in [0.25, 0.3) is 0 Å². The molecule has 6 heteroatoms. The van der Waals surface area contributed by atoms with Crippen molar-refractivity contribution in [2.75, 3.05) is 0 Å². The molecule has 28 heavy (non-hydrogen) atoms. The second kappa shape index (κ2) is 8.41. The Balaban J connectivity index is 2.09. The number of carbonyl (C=O) groups excluding carboxylic acids is 1. The zero-order chi connectivity index (χ0) is 20.2. The predicted molar refractivity (Wildman–Crippen MR) is 107 cm³/mol. The van der Waals surface area contributed by atoms with Gasteiger partial charge in [-0.25, -0.2) is 0 Å². The van der Waals surface area contributed by atoms with Crippen LogP contribution in [0.2, 0.25) is 5.02 Å².